The van der Waals surface area contributed by atoms with Crippen molar-refractivity contribution in [2.75, 3.05) is 0 Å². The molecule has 0 aromatic heterocycles. The number of aliphatic hydroxyl groups excluding tert-OH is 1. The van der Waals surface area contributed by atoms with E-state index in [4.69, 9.17) is 0 Å². The summed E-state index contributed by atoms with van der Waals surface area (Å²) in [5.41, 5.74) is 2.30. The van der Waals surface area contributed by atoms with Crippen molar-refractivity contribution in [1.29, 1.82) is 0 Å². The highest BCUT2D eigenvalue weighted by molar-refractivity contribution is 7.98. The van der Waals surface area contributed by atoms with Gasteiger partial charge in [0.1, 0.15) is 0 Å². The van der Waals surface area contributed by atoms with Crippen LogP contribution in [0.15, 0.2) is 59.5 Å². The third-order valence-corrected chi connectivity index (χ3v) is 3.69. The van der Waals surface area contributed by atoms with Gasteiger partial charge in [-0.15, -0.1) is 11.8 Å². The Kier molecular flexibility index (Phi) is 4.24. The van der Waals surface area contributed by atoms with Gasteiger partial charge in [0, 0.05) is 10.6 Å². The molecule has 0 saturated heterocycles. The normalized spacial score (nSPS) is 12.4. The van der Waals surface area contributed by atoms with Crippen LogP contribution < -0.4 is 0 Å². The average molecular weight is 244 g/mol. The second-order valence-corrected chi connectivity index (χ2v) is 5.07. The quantitative estimate of drug-likeness (QED) is 0.819. The molecule has 0 radical (unpaired) electrons. The van der Waals surface area contributed by atoms with Crippen molar-refractivity contribution in [1.82, 2.24) is 0 Å². The topological polar surface area (TPSA) is 20.2 Å². The van der Waals surface area contributed by atoms with Crippen molar-refractivity contribution >= 4 is 11.8 Å². The number of benzene rings is 2. The lowest BCUT2D eigenvalue weighted by Crippen LogP contribution is -1.89. The molecule has 1 unspecified atom stereocenters. The van der Waals surface area contributed by atoms with Crippen LogP contribution in [0.4, 0.5) is 0 Å². The summed E-state index contributed by atoms with van der Waals surface area (Å²) in [5.74, 6) is 0.981. The molecule has 1 nitrogen and oxygen atoms in total. The molecule has 2 rings (SSSR count). The molecular weight excluding hydrogens is 228 g/mol. The number of hydrogen-bond donors (Lipinski definition) is 1. The van der Waals surface area contributed by atoms with Crippen LogP contribution in [-0.4, -0.2) is 5.11 Å². The van der Waals surface area contributed by atoms with E-state index in [0.717, 1.165) is 11.3 Å². The van der Waals surface area contributed by atoms with E-state index in [1.807, 2.05) is 30.0 Å². The maximum absolute atomic E-state index is 9.42. The Bertz CT molecular complexity index is 448. The van der Waals surface area contributed by atoms with Crippen molar-refractivity contribution in [3.8, 4) is 0 Å². The first kappa shape index (κ1) is 12.2. The highest BCUT2D eigenvalue weighted by Crippen LogP contribution is 2.24. The number of rotatable bonds is 4. The average Bonchev–Trinajstić information content (AvgIpc) is 2.38. The maximum Gasteiger partial charge on any atom is 0.0761 e. The van der Waals surface area contributed by atoms with Gasteiger partial charge in [0.2, 0.25) is 0 Å². The lowest BCUT2D eigenvalue weighted by atomic mass is 10.1. The van der Waals surface area contributed by atoms with E-state index in [-0.39, 0.29) is 6.10 Å². The summed E-state index contributed by atoms with van der Waals surface area (Å²) >= 11 is 1.81. The van der Waals surface area contributed by atoms with E-state index < -0.39 is 0 Å². The molecule has 17 heavy (non-hydrogen) atoms. The molecular formula is C15H16OS. The van der Waals surface area contributed by atoms with Crippen molar-refractivity contribution in [2.24, 2.45) is 0 Å². The van der Waals surface area contributed by atoms with Gasteiger partial charge in [-0.25, -0.2) is 0 Å². The first-order valence-corrected chi connectivity index (χ1v) is 6.69. The molecule has 0 saturated carbocycles. The van der Waals surface area contributed by atoms with Gasteiger partial charge < -0.3 is 5.11 Å². The number of aliphatic hydroxyl groups is 1. The summed E-state index contributed by atoms with van der Waals surface area (Å²) in [4.78, 5) is 1.23. The molecule has 0 heterocycles. The van der Waals surface area contributed by atoms with Crippen LogP contribution in [0.5, 0.6) is 0 Å². The van der Waals surface area contributed by atoms with Gasteiger partial charge in [-0.3, -0.25) is 0 Å². The molecule has 0 spiro atoms. The van der Waals surface area contributed by atoms with E-state index in [1.165, 1.54) is 10.5 Å². The highest BCUT2D eigenvalue weighted by Gasteiger charge is 2.00. The second kappa shape index (κ2) is 5.89. The van der Waals surface area contributed by atoms with Crippen molar-refractivity contribution in [3.05, 3.63) is 65.7 Å². The lowest BCUT2D eigenvalue weighted by Gasteiger charge is -2.06. The smallest absolute Gasteiger partial charge is 0.0761 e. The molecule has 0 aliphatic heterocycles. The molecule has 88 valence electrons. The zero-order valence-corrected chi connectivity index (χ0v) is 10.7. The predicted molar refractivity (Wildman–Crippen MR) is 73.1 cm³/mol. The zero-order chi connectivity index (χ0) is 12.1. The molecule has 0 aliphatic carbocycles. The maximum atomic E-state index is 9.42. The Labute approximate surface area is 107 Å². The second-order valence-electron chi connectivity index (χ2n) is 4.02. The first-order valence-electron chi connectivity index (χ1n) is 5.70. The van der Waals surface area contributed by atoms with Gasteiger partial charge >= 0.3 is 0 Å². The minimum absolute atomic E-state index is 0.386. The molecule has 2 heteroatoms. The molecule has 2 aromatic carbocycles. The summed E-state index contributed by atoms with van der Waals surface area (Å²) in [7, 11) is 0. The molecule has 0 bridgehead atoms. The number of hydrogen-bond acceptors (Lipinski definition) is 2. The Morgan fingerprint density at radius 1 is 1.00 bits per heavy atom. The van der Waals surface area contributed by atoms with E-state index in [0.29, 0.717) is 0 Å². The Morgan fingerprint density at radius 3 is 2.24 bits per heavy atom. The summed E-state index contributed by atoms with van der Waals surface area (Å²) < 4.78 is 0. The largest absolute Gasteiger partial charge is 0.389 e. The molecule has 0 aliphatic rings. The van der Waals surface area contributed by atoms with Crippen LogP contribution in [0.1, 0.15) is 24.2 Å². The van der Waals surface area contributed by atoms with Gasteiger partial charge in [-0.05, 0) is 30.2 Å². The Morgan fingerprint density at radius 2 is 1.65 bits per heavy atom. The summed E-state index contributed by atoms with van der Waals surface area (Å²) in [5, 5.41) is 9.42. The first-order chi connectivity index (χ1) is 8.25. The van der Waals surface area contributed by atoms with Crippen molar-refractivity contribution in [3.63, 3.8) is 0 Å². The lowest BCUT2D eigenvalue weighted by molar-refractivity contribution is 0.199. The van der Waals surface area contributed by atoms with Gasteiger partial charge in [-0.1, -0.05) is 42.5 Å². The summed E-state index contributed by atoms with van der Waals surface area (Å²) in [6.45, 7) is 1.78. The van der Waals surface area contributed by atoms with E-state index in [2.05, 4.69) is 36.4 Å². The van der Waals surface area contributed by atoms with Crippen LogP contribution in [0.25, 0.3) is 0 Å². The fraction of sp³-hybridized carbons (Fsp3) is 0.200. The third-order valence-electron chi connectivity index (χ3n) is 2.61. The zero-order valence-electron chi connectivity index (χ0n) is 9.84. The van der Waals surface area contributed by atoms with Crippen LogP contribution in [0, 0.1) is 0 Å². The van der Waals surface area contributed by atoms with Crippen molar-refractivity contribution in [2.45, 2.75) is 23.7 Å². The highest BCUT2D eigenvalue weighted by atomic mass is 32.2. The van der Waals surface area contributed by atoms with Gasteiger partial charge in [0.15, 0.2) is 0 Å². The SMILES string of the molecule is CC(O)c1ccc(SCc2ccccc2)cc1. The molecule has 1 atom stereocenters. The minimum Gasteiger partial charge on any atom is -0.389 e. The summed E-state index contributed by atoms with van der Waals surface area (Å²) in [6, 6.07) is 18.5. The van der Waals surface area contributed by atoms with Gasteiger partial charge in [0.05, 0.1) is 6.10 Å². The van der Waals surface area contributed by atoms with Crippen LogP contribution in [-0.2, 0) is 5.75 Å². The minimum atomic E-state index is -0.386. The molecule has 0 fully saturated rings. The van der Waals surface area contributed by atoms with Gasteiger partial charge in [-0.2, -0.15) is 0 Å². The molecule has 0 amide bonds. The molecule has 2 aromatic rings. The van der Waals surface area contributed by atoms with E-state index >= 15 is 0 Å². The fourth-order valence-corrected chi connectivity index (χ4v) is 2.44. The fourth-order valence-electron chi connectivity index (χ4n) is 1.58. The van der Waals surface area contributed by atoms with Crippen LogP contribution in [0.2, 0.25) is 0 Å². The van der Waals surface area contributed by atoms with Crippen LogP contribution >= 0.6 is 11.8 Å². The van der Waals surface area contributed by atoms with Crippen LogP contribution in [0.3, 0.4) is 0 Å². The van der Waals surface area contributed by atoms with Crippen molar-refractivity contribution < 1.29 is 5.11 Å². The monoisotopic (exact) mass is 244 g/mol. The Hall–Kier alpha value is -1.25. The molecule has 1 N–H and O–H groups in total. The van der Waals surface area contributed by atoms with E-state index in [1.54, 1.807) is 6.92 Å². The van der Waals surface area contributed by atoms with Gasteiger partial charge in [0.25, 0.3) is 0 Å². The third kappa shape index (κ3) is 3.62. The van der Waals surface area contributed by atoms with E-state index in [9.17, 15) is 5.11 Å². The number of thioether (sulfide) groups is 1. The summed E-state index contributed by atoms with van der Waals surface area (Å²) in [6.07, 6.45) is -0.386. The Balaban J connectivity index is 1.96. The standard InChI is InChI=1S/C15H16OS/c1-12(16)14-7-9-15(10-8-14)17-11-13-5-3-2-4-6-13/h2-10,12,16H,11H2,1H3. The predicted octanol–water partition coefficient (Wildman–Crippen LogP) is 4.03.